The van der Waals surface area contributed by atoms with Crippen LogP contribution in [0.4, 0.5) is 0 Å². The number of hydrogen-bond donors (Lipinski definition) is 3. The van der Waals surface area contributed by atoms with Gasteiger partial charge in [0.15, 0.2) is 12.2 Å². The standard InChI is InChI=1S/C84H164O17P2/c1-9-76(7)62-54-46-38-30-26-22-18-13-11-12-14-19-23-27-31-40-48-56-64-81(86)94-70-79(101-84(89)67-59-51-42-34-33-39-47-55-63-77(8)10-2)72-98-102(90,91)96-68-78(85)69-97-103(92,93)99-73-80(71-95-82(87)65-57-49-43-35-37-45-53-61-75(5)6)100-83(88)66-58-50-41-32-28-24-20-16-15-17-21-25-29-36-44-52-60-74(3)4/h74-80,85H,9-73H2,1-8H3,(H,90,91)(H,92,93)/t76?,77?,78?,79-,80-/m1/s1. The van der Waals surface area contributed by atoms with Gasteiger partial charge < -0.3 is 33.8 Å². The third-order valence-corrected chi connectivity index (χ3v) is 22.2. The Morgan fingerprint density at radius 3 is 0.689 bits per heavy atom. The van der Waals surface area contributed by atoms with Crippen molar-refractivity contribution in [3.05, 3.63) is 0 Å². The smallest absolute Gasteiger partial charge is 0.462 e. The number of aliphatic hydroxyl groups is 1. The largest absolute Gasteiger partial charge is 0.472 e. The van der Waals surface area contributed by atoms with Crippen LogP contribution in [-0.2, 0) is 65.4 Å². The molecule has 17 nitrogen and oxygen atoms in total. The molecule has 612 valence electrons. The van der Waals surface area contributed by atoms with Gasteiger partial charge in [-0.2, -0.15) is 0 Å². The molecule has 0 aliphatic carbocycles. The molecular weight excluding hydrogens is 1340 g/mol. The molecule has 103 heavy (non-hydrogen) atoms. The summed E-state index contributed by atoms with van der Waals surface area (Å²) in [4.78, 5) is 73.1. The number of phosphoric ester groups is 2. The average molecular weight is 1510 g/mol. The summed E-state index contributed by atoms with van der Waals surface area (Å²) in [6.45, 7) is 14.3. The Hall–Kier alpha value is -1.94. The maximum Gasteiger partial charge on any atom is 0.472 e. The van der Waals surface area contributed by atoms with Gasteiger partial charge in [-0.15, -0.1) is 0 Å². The lowest BCUT2D eigenvalue weighted by Crippen LogP contribution is -2.30. The van der Waals surface area contributed by atoms with Crippen molar-refractivity contribution in [3.63, 3.8) is 0 Å². The van der Waals surface area contributed by atoms with E-state index in [4.69, 9.17) is 37.0 Å². The van der Waals surface area contributed by atoms with Gasteiger partial charge in [0.05, 0.1) is 26.4 Å². The van der Waals surface area contributed by atoms with Gasteiger partial charge in [-0.05, 0) is 49.4 Å². The minimum atomic E-state index is -4.96. The highest BCUT2D eigenvalue weighted by atomic mass is 31.2. The first kappa shape index (κ1) is 101. The van der Waals surface area contributed by atoms with Crippen LogP contribution in [0.3, 0.4) is 0 Å². The Morgan fingerprint density at radius 2 is 0.466 bits per heavy atom. The number of carbonyl (C=O) groups is 4. The molecule has 0 aliphatic heterocycles. The van der Waals surface area contributed by atoms with Gasteiger partial charge in [-0.25, -0.2) is 9.13 Å². The molecule has 0 heterocycles. The number of carbonyl (C=O) groups excluding carboxylic acids is 4. The molecule has 0 saturated carbocycles. The van der Waals surface area contributed by atoms with Crippen LogP contribution < -0.4 is 0 Å². The van der Waals surface area contributed by atoms with Crippen molar-refractivity contribution in [1.29, 1.82) is 0 Å². The second-order valence-corrected chi connectivity index (χ2v) is 34.6. The quantitative estimate of drug-likeness (QED) is 0.0222. The van der Waals surface area contributed by atoms with E-state index in [1.54, 1.807) is 0 Å². The Balaban J connectivity index is 5.16. The first-order valence-corrected chi connectivity index (χ1v) is 46.3. The fraction of sp³-hybridized carbons (Fsp3) is 0.952. The lowest BCUT2D eigenvalue weighted by molar-refractivity contribution is -0.161. The van der Waals surface area contributed by atoms with Crippen molar-refractivity contribution in [3.8, 4) is 0 Å². The van der Waals surface area contributed by atoms with Crippen LogP contribution in [0, 0.1) is 23.7 Å². The summed E-state index contributed by atoms with van der Waals surface area (Å²) < 4.78 is 68.8. The molecule has 0 aromatic rings. The van der Waals surface area contributed by atoms with Gasteiger partial charge in [0.25, 0.3) is 0 Å². The zero-order valence-corrected chi connectivity index (χ0v) is 69.7. The topological polar surface area (TPSA) is 237 Å². The minimum Gasteiger partial charge on any atom is -0.462 e. The molecule has 3 N–H and O–H groups in total. The maximum atomic E-state index is 13.1. The predicted molar refractivity (Wildman–Crippen MR) is 423 cm³/mol. The highest BCUT2D eigenvalue weighted by Crippen LogP contribution is 2.45. The fourth-order valence-corrected chi connectivity index (χ4v) is 14.5. The Kier molecular flexibility index (Phi) is 71.5. The van der Waals surface area contributed by atoms with Gasteiger partial charge in [-0.3, -0.25) is 37.3 Å². The molecule has 5 unspecified atom stereocenters. The van der Waals surface area contributed by atoms with Crippen molar-refractivity contribution in [2.45, 2.75) is 453 Å². The first-order valence-electron chi connectivity index (χ1n) is 43.3. The van der Waals surface area contributed by atoms with Crippen molar-refractivity contribution >= 4 is 39.5 Å². The van der Waals surface area contributed by atoms with Crippen molar-refractivity contribution in [2.24, 2.45) is 23.7 Å². The van der Waals surface area contributed by atoms with E-state index in [9.17, 15) is 43.2 Å². The van der Waals surface area contributed by atoms with Crippen LogP contribution in [0.2, 0.25) is 0 Å². The van der Waals surface area contributed by atoms with E-state index in [1.807, 2.05) is 0 Å². The summed E-state index contributed by atoms with van der Waals surface area (Å²) in [6.07, 6.45) is 61.2. The molecule has 7 atom stereocenters. The van der Waals surface area contributed by atoms with Crippen molar-refractivity contribution < 1.29 is 80.2 Å². The summed E-state index contributed by atoms with van der Waals surface area (Å²) >= 11 is 0. The maximum absolute atomic E-state index is 13.1. The van der Waals surface area contributed by atoms with Crippen LogP contribution in [0.1, 0.15) is 434 Å². The van der Waals surface area contributed by atoms with E-state index in [1.165, 1.54) is 231 Å². The summed E-state index contributed by atoms with van der Waals surface area (Å²) in [7, 11) is -9.92. The second-order valence-electron chi connectivity index (χ2n) is 31.7. The third kappa shape index (κ3) is 75.3. The molecule has 0 spiro atoms. The highest BCUT2D eigenvalue weighted by Gasteiger charge is 2.30. The predicted octanol–water partition coefficient (Wildman–Crippen LogP) is 25.2. The van der Waals surface area contributed by atoms with E-state index in [-0.39, 0.29) is 25.7 Å². The van der Waals surface area contributed by atoms with Crippen LogP contribution in [-0.4, -0.2) is 96.7 Å². The highest BCUT2D eigenvalue weighted by molar-refractivity contribution is 7.47. The van der Waals surface area contributed by atoms with Gasteiger partial charge in [0.2, 0.25) is 0 Å². The van der Waals surface area contributed by atoms with E-state index < -0.39 is 97.5 Å². The molecular formula is C84H164O17P2. The molecule has 0 radical (unpaired) electrons. The van der Waals surface area contributed by atoms with E-state index in [2.05, 4.69) is 55.4 Å². The number of rotatable bonds is 81. The number of phosphoric acid groups is 2. The Labute approximate surface area is 632 Å². The summed E-state index contributed by atoms with van der Waals surface area (Å²) in [5.74, 6) is 1.04. The molecule has 0 amide bonds. The zero-order chi connectivity index (χ0) is 76.0. The molecule has 19 heteroatoms. The summed E-state index contributed by atoms with van der Waals surface area (Å²) in [6, 6.07) is 0. The van der Waals surface area contributed by atoms with Crippen LogP contribution in [0.5, 0.6) is 0 Å². The molecule has 0 aliphatic rings. The molecule has 0 aromatic heterocycles. The number of ether oxygens (including phenoxy) is 4. The van der Waals surface area contributed by atoms with Gasteiger partial charge in [0.1, 0.15) is 19.3 Å². The number of aliphatic hydroxyl groups excluding tert-OH is 1. The van der Waals surface area contributed by atoms with E-state index in [0.29, 0.717) is 31.6 Å². The number of esters is 4. The second kappa shape index (κ2) is 72.9. The SMILES string of the molecule is CCC(C)CCCCCCCCCCCCCCCCCCCCC(=O)OC[C@H](COP(=O)(O)OCC(O)COP(=O)(O)OC[C@@H](COC(=O)CCCCCCCCCC(C)C)OC(=O)CCCCCCCCCCCCCCCCCCC(C)C)OC(=O)CCCCCCCCCCC(C)CC. The molecule has 0 rings (SSSR count). The molecule has 0 fully saturated rings. The lowest BCUT2D eigenvalue weighted by Gasteiger charge is -2.21. The monoisotopic (exact) mass is 1510 g/mol. The normalized spacial score (nSPS) is 14.5. The molecule has 0 aromatic carbocycles. The number of unbranched alkanes of at least 4 members (excludes halogenated alkanes) is 45. The first-order chi connectivity index (χ1) is 49.7. The summed E-state index contributed by atoms with van der Waals surface area (Å²) in [5.41, 5.74) is 0. The Bertz CT molecular complexity index is 2010. The minimum absolute atomic E-state index is 0.105. The van der Waals surface area contributed by atoms with Crippen molar-refractivity contribution in [2.75, 3.05) is 39.6 Å². The Morgan fingerprint density at radius 1 is 0.272 bits per heavy atom. The van der Waals surface area contributed by atoms with Gasteiger partial charge in [-0.1, -0.05) is 383 Å². The number of hydrogen-bond acceptors (Lipinski definition) is 15. The summed E-state index contributed by atoms with van der Waals surface area (Å²) in [5, 5.41) is 10.7. The lowest BCUT2D eigenvalue weighted by atomic mass is 9.99. The third-order valence-electron chi connectivity index (χ3n) is 20.3. The van der Waals surface area contributed by atoms with Gasteiger partial charge in [0, 0.05) is 25.7 Å². The molecule has 0 bridgehead atoms. The fourth-order valence-electron chi connectivity index (χ4n) is 12.9. The molecule has 0 saturated heterocycles. The van der Waals surface area contributed by atoms with Crippen molar-refractivity contribution in [1.82, 2.24) is 0 Å². The van der Waals surface area contributed by atoms with Crippen LogP contribution >= 0.6 is 15.6 Å². The van der Waals surface area contributed by atoms with Crippen LogP contribution in [0.25, 0.3) is 0 Å². The zero-order valence-electron chi connectivity index (χ0n) is 68.0. The van der Waals surface area contributed by atoms with Crippen LogP contribution in [0.15, 0.2) is 0 Å². The van der Waals surface area contributed by atoms with E-state index >= 15 is 0 Å². The van der Waals surface area contributed by atoms with E-state index in [0.717, 1.165) is 114 Å². The van der Waals surface area contributed by atoms with Gasteiger partial charge >= 0.3 is 39.5 Å². The average Bonchev–Trinajstić information content (AvgIpc) is 0.917.